The van der Waals surface area contributed by atoms with Crippen LogP contribution < -0.4 is 10.6 Å². The summed E-state index contributed by atoms with van der Waals surface area (Å²) >= 11 is 0. The Balaban J connectivity index is 2.14. The standard InChI is InChI=1S/C15H22N2O3/c1-15(2,3)20-14(19)17-10-9-16-11-13(18)12-7-5-4-6-8-12/h4-8,16H,9-11H2,1-3H3,(H,17,19). The summed E-state index contributed by atoms with van der Waals surface area (Å²) in [6.07, 6.45) is -0.450. The van der Waals surface area contributed by atoms with E-state index in [-0.39, 0.29) is 12.3 Å². The molecule has 1 rings (SSSR count). The van der Waals surface area contributed by atoms with Gasteiger partial charge in [-0.1, -0.05) is 30.3 Å². The van der Waals surface area contributed by atoms with Gasteiger partial charge in [-0.25, -0.2) is 4.79 Å². The van der Waals surface area contributed by atoms with Crippen molar-refractivity contribution in [2.45, 2.75) is 26.4 Å². The highest BCUT2D eigenvalue weighted by Gasteiger charge is 2.15. The predicted molar refractivity (Wildman–Crippen MR) is 77.9 cm³/mol. The zero-order valence-corrected chi connectivity index (χ0v) is 12.2. The van der Waals surface area contributed by atoms with E-state index in [2.05, 4.69) is 10.6 Å². The third-order valence-corrected chi connectivity index (χ3v) is 2.35. The first-order valence-corrected chi connectivity index (χ1v) is 6.64. The number of ketones is 1. The van der Waals surface area contributed by atoms with E-state index in [1.54, 1.807) is 12.1 Å². The minimum absolute atomic E-state index is 0.0304. The molecule has 0 aliphatic carbocycles. The number of benzene rings is 1. The average Bonchev–Trinajstić information content (AvgIpc) is 2.37. The minimum Gasteiger partial charge on any atom is -0.444 e. The molecule has 0 heterocycles. The molecule has 0 radical (unpaired) electrons. The molecule has 0 aliphatic rings. The van der Waals surface area contributed by atoms with Gasteiger partial charge in [-0.3, -0.25) is 4.79 Å². The highest BCUT2D eigenvalue weighted by Crippen LogP contribution is 2.05. The van der Waals surface area contributed by atoms with Crippen LogP contribution in [0.2, 0.25) is 0 Å². The van der Waals surface area contributed by atoms with Crippen LogP contribution in [0.4, 0.5) is 4.79 Å². The molecular weight excluding hydrogens is 256 g/mol. The van der Waals surface area contributed by atoms with Crippen LogP contribution in [0.3, 0.4) is 0 Å². The molecule has 1 aromatic rings. The molecule has 0 fully saturated rings. The largest absolute Gasteiger partial charge is 0.444 e. The Bertz CT molecular complexity index is 438. The van der Waals surface area contributed by atoms with Crippen molar-refractivity contribution in [2.75, 3.05) is 19.6 Å². The maximum Gasteiger partial charge on any atom is 0.407 e. The Morgan fingerprint density at radius 1 is 1.10 bits per heavy atom. The number of ether oxygens (including phenoxy) is 1. The van der Waals surface area contributed by atoms with Gasteiger partial charge in [0.05, 0.1) is 6.54 Å². The highest BCUT2D eigenvalue weighted by molar-refractivity contribution is 5.97. The molecule has 0 saturated carbocycles. The molecule has 0 aliphatic heterocycles. The molecule has 0 bridgehead atoms. The Labute approximate surface area is 119 Å². The molecule has 2 N–H and O–H groups in total. The maximum absolute atomic E-state index is 11.8. The Hall–Kier alpha value is -1.88. The second-order valence-corrected chi connectivity index (χ2v) is 5.39. The van der Waals surface area contributed by atoms with E-state index >= 15 is 0 Å². The summed E-state index contributed by atoms with van der Waals surface area (Å²) < 4.78 is 5.09. The number of carbonyl (C=O) groups is 2. The zero-order valence-electron chi connectivity index (χ0n) is 12.2. The van der Waals surface area contributed by atoms with Crippen LogP contribution in [0.5, 0.6) is 0 Å². The van der Waals surface area contributed by atoms with Crippen molar-refractivity contribution in [1.82, 2.24) is 10.6 Å². The van der Waals surface area contributed by atoms with E-state index < -0.39 is 11.7 Å². The van der Waals surface area contributed by atoms with E-state index in [1.165, 1.54) is 0 Å². The smallest absolute Gasteiger partial charge is 0.407 e. The van der Waals surface area contributed by atoms with Crippen LogP contribution in [0.15, 0.2) is 30.3 Å². The van der Waals surface area contributed by atoms with Crippen LogP contribution in [-0.2, 0) is 4.74 Å². The second-order valence-electron chi connectivity index (χ2n) is 5.39. The van der Waals surface area contributed by atoms with Gasteiger partial charge in [-0.15, -0.1) is 0 Å². The maximum atomic E-state index is 11.8. The van der Waals surface area contributed by atoms with Crippen LogP contribution in [0.25, 0.3) is 0 Å². The molecule has 0 saturated heterocycles. The number of amides is 1. The summed E-state index contributed by atoms with van der Waals surface area (Å²) in [5, 5.41) is 5.60. The van der Waals surface area contributed by atoms with E-state index in [4.69, 9.17) is 4.74 Å². The fourth-order valence-electron chi connectivity index (χ4n) is 1.50. The van der Waals surface area contributed by atoms with E-state index in [0.29, 0.717) is 18.7 Å². The minimum atomic E-state index is -0.499. The van der Waals surface area contributed by atoms with Crippen LogP contribution >= 0.6 is 0 Å². The molecule has 0 unspecified atom stereocenters. The first kappa shape index (κ1) is 16.2. The SMILES string of the molecule is CC(C)(C)OC(=O)NCCNCC(=O)c1ccccc1. The van der Waals surface area contributed by atoms with Gasteiger partial charge in [-0.2, -0.15) is 0 Å². The van der Waals surface area contributed by atoms with Crippen molar-refractivity contribution in [2.24, 2.45) is 0 Å². The Morgan fingerprint density at radius 2 is 1.75 bits per heavy atom. The number of carbonyl (C=O) groups excluding carboxylic acids is 2. The first-order chi connectivity index (χ1) is 9.38. The zero-order chi connectivity index (χ0) is 15.0. The molecule has 5 nitrogen and oxygen atoms in total. The van der Waals surface area contributed by atoms with Crippen molar-refractivity contribution in [3.8, 4) is 0 Å². The van der Waals surface area contributed by atoms with Gasteiger partial charge in [0.2, 0.25) is 0 Å². The van der Waals surface area contributed by atoms with Crippen LogP contribution in [0, 0.1) is 0 Å². The van der Waals surface area contributed by atoms with Crippen LogP contribution in [0.1, 0.15) is 31.1 Å². The fraction of sp³-hybridized carbons (Fsp3) is 0.467. The molecule has 1 aromatic carbocycles. The third-order valence-electron chi connectivity index (χ3n) is 2.35. The lowest BCUT2D eigenvalue weighted by Crippen LogP contribution is -2.37. The van der Waals surface area contributed by atoms with Gasteiger partial charge in [0, 0.05) is 18.7 Å². The summed E-state index contributed by atoms with van der Waals surface area (Å²) in [6, 6.07) is 9.09. The summed E-state index contributed by atoms with van der Waals surface area (Å²) in [5.74, 6) is 0.0304. The number of rotatable bonds is 6. The number of Topliss-reactive ketones (excluding diaryl/α,β-unsaturated/α-hetero) is 1. The van der Waals surface area contributed by atoms with E-state index in [1.807, 2.05) is 39.0 Å². The highest BCUT2D eigenvalue weighted by atomic mass is 16.6. The average molecular weight is 278 g/mol. The van der Waals surface area contributed by atoms with E-state index in [0.717, 1.165) is 0 Å². The predicted octanol–water partition coefficient (Wildman–Crippen LogP) is 1.98. The fourth-order valence-corrected chi connectivity index (χ4v) is 1.50. The monoisotopic (exact) mass is 278 g/mol. The van der Waals surface area contributed by atoms with Gasteiger partial charge in [-0.05, 0) is 20.8 Å². The molecule has 110 valence electrons. The van der Waals surface area contributed by atoms with Crippen LogP contribution in [-0.4, -0.2) is 37.1 Å². The normalized spacial score (nSPS) is 10.9. The molecule has 0 spiro atoms. The lowest BCUT2D eigenvalue weighted by Gasteiger charge is -2.19. The van der Waals surface area contributed by atoms with Crippen molar-refractivity contribution in [1.29, 1.82) is 0 Å². The third kappa shape index (κ3) is 6.89. The van der Waals surface area contributed by atoms with Gasteiger partial charge < -0.3 is 15.4 Å². The number of nitrogens with one attached hydrogen (secondary N) is 2. The summed E-state index contributed by atoms with van der Waals surface area (Å²) in [4.78, 5) is 23.1. The second kappa shape index (κ2) is 7.65. The molecule has 20 heavy (non-hydrogen) atoms. The number of alkyl carbamates (subject to hydrolysis) is 1. The van der Waals surface area contributed by atoms with Crippen molar-refractivity contribution >= 4 is 11.9 Å². The molecular formula is C15H22N2O3. The van der Waals surface area contributed by atoms with Gasteiger partial charge in [0.1, 0.15) is 5.60 Å². The summed E-state index contributed by atoms with van der Waals surface area (Å²) in [5.41, 5.74) is 0.181. The quantitative estimate of drug-likeness (QED) is 0.617. The topological polar surface area (TPSA) is 67.4 Å². The van der Waals surface area contributed by atoms with Gasteiger partial charge in [0.15, 0.2) is 5.78 Å². The molecule has 0 aromatic heterocycles. The lowest BCUT2D eigenvalue weighted by molar-refractivity contribution is 0.0528. The number of hydrogen-bond donors (Lipinski definition) is 2. The van der Waals surface area contributed by atoms with Gasteiger partial charge in [0.25, 0.3) is 0 Å². The summed E-state index contributed by atoms with van der Waals surface area (Å²) in [6.45, 7) is 6.60. The summed E-state index contributed by atoms with van der Waals surface area (Å²) in [7, 11) is 0. The van der Waals surface area contributed by atoms with Gasteiger partial charge >= 0.3 is 6.09 Å². The Kier molecular flexibility index (Phi) is 6.18. The Morgan fingerprint density at radius 3 is 2.35 bits per heavy atom. The lowest BCUT2D eigenvalue weighted by atomic mass is 10.1. The first-order valence-electron chi connectivity index (χ1n) is 6.64. The molecule has 0 atom stereocenters. The molecule has 1 amide bonds. The van der Waals surface area contributed by atoms with Crippen molar-refractivity contribution in [3.63, 3.8) is 0 Å². The van der Waals surface area contributed by atoms with Crippen molar-refractivity contribution < 1.29 is 14.3 Å². The van der Waals surface area contributed by atoms with E-state index in [9.17, 15) is 9.59 Å². The number of hydrogen-bond acceptors (Lipinski definition) is 4. The molecule has 5 heteroatoms. The van der Waals surface area contributed by atoms with Crippen molar-refractivity contribution in [3.05, 3.63) is 35.9 Å².